The average molecular weight is 283 g/mol. The first-order valence-electron chi connectivity index (χ1n) is 8.32. The number of rotatable bonds is 8. The molecule has 0 bridgehead atoms. The van der Waals surface area contributed by atoms with Gasteiger partial charge < -0.3 is 15.5 Å². The molecular weight excluding hydrogens is 250 g/mol. The first-order chi connectivity index (χ1) is 9.56. The van der Waals surface area contributed by atoms with Crippen molar-refractivity contribution < 1.29 is 4.79 Å². The Hall–Kier alpha value is -0.610. The molecule has 4 heteroatoms. The first-order valence-corrected chi connectivity index (χ1v) is 8.32. The van der Waals surface area contributed by atoms with Crippen LogP contribution in [0.3, 0.4) is 0 Å². The number of hydrogen-bond donors (Lipinski definition) is 2. The topological polar surface area (TPSA) is 44.4 Å². The van der Waals surface area contributed by atoms with Crippen molar-refractivity contribution in [1.82, 2.24) is 15.5 Å². The van der Waals surface area contributed by atoms with Gasteiger partial charge in [0.05, 0.1) is 6.04 Å². The third-order valence-corrected chi connectivity index (χ3v) is 4.38. The van der Waals surface area contributed by atoms with E-state index in [2.05, 4.69) is 43.2 Å². The van der Waals surface area contributed by atoms with Crippen LogP contribution in [0.25, 0.3) is 0 Å². The van der Waals surface area contributed by atoms with E-state index < -0.39 is 0 Å². The van der Waals surface area contributed by atoms with Gasteiger partial charge in [0.25, 0.3) is 0 Å². The molecule has 1 saturated heterocycles. The zero-order valence-electron chi connectivity index (χ0n) is 13.7. The highest BCUT2D eigenvalue weighted by Gasteiger charge is 2.25. The molecule has 4 nitrogen and oxygen atoms in total. The normalized spacial score (nSPS) is 24.6. The van der Waals surface area contributed by atoms with E-state index in [1.54, 1.807) is 0 Å². The van der Waals surface area contributed by atoms with Crippen LogP contribution in [0.15, 0.2) is 0 Å². The van der Waals surface area contributed by atoms with E-state index in [-0.39, 0.29) is 18.0 Å². The van der Waals surface area contributed by atoms with Gasteiger partial charge in [-0.25, -0.2) is 0 Å². The second-order valence-corrected chi connectivity index (χ2v) is 6.22. The Kier molecular flexibility index (Phi) is 8.15. The minimum atomic E-state index is 0.0176. The van der Waals surface area contributed by atoms with E-state index in [1.165, 1.54) is 6.42 Å². The van der Waals surface area contributed by atoms with E-state index in [0.29, 0.717) is 5.92 Å². The molecule has 1 amide bonds. The summed E-state index contributed by atoms with van der Waals surface area (Å²) in [5, 5.41) is 6.49. The molecule has 2 N–H and O–H groups in total. The molecule has 1 aliphatic rings. The van der Waals surface area contributed by atoms with Gasteiger partial charge in [0.15, 0.2) is 0 Å². The summed E-state index contributed by atoms with van der Waals surface area (Å²) in [6.45, 7) is 13.1. The quantitative estimate of drug-likeness (QED) is 0.716. The largest absolute Gasteiger partial charge is 0.352 e. The van der Waals surface area contributed by atoms with E-state index in [1.807, 2.05) is 0 Å². The Balaban J connectivity index is 2.20. The fourth-order valence-electron chi connectivity index (χ4n) is 2.88. The van der Waals surface area contributed by atoms with Gasteiger partial charge in [0, 0.05) is 6.04 Å². The van der Waals surface area contributed by atoms with Crippen molar-refractivity contribution in [2.24, 2.45) is 5.92 Å². The van der Waals surface area contributed by atoms with Crippen molar-refractivity contribution >= 4 is 5.91 Å². The number of nitrogens with one attached hydrogen (secondary N) is 2. The summed E-state index contributed by atoms with van der Waals surface area (Å²) in [6.07, 6.45) is 4.36. The lowest BCUT2D eigenvalue weighted by molar-refractivity contribution is -0.124. The highest BCUT2D eigenvalue weighted by atomic mass is 16.2. The van der Waals surface area contributed by atoms with Gasteiger partial charge in [0.2, 0.25) is 5.91 Å². The summed E-state index contributed by atoms with van der Waals surface area (Å²) in [6, 6.07) is 0.293. The predicted octanol–water partition coefficient (Wildman–Crippen LogP) is 2.00. The third-order valence-electron chi connectivity index (χ3n) is 4.38. The Labute approximate surface area is 124 Å². The van der Waals surface area contributed by atoms with Crippen LogP contribution < -0.4 is 10.6 Å². The molecule has 20 heavy (non-hydrogen) atoms. The molecule has 3 unspecified atom stereocenters. The maximum atomic E-state index is 12.2. The van der Waals surface area contributed by atoms with Crippen molar-refractivity contribution in [3.63, 3.8) is 0 Å². The lowest BCUT2D eigenvalue weighted by Gasteiger charge is -2.28. The molecule has 0 saturated carbocycles. The van der Waals surface area contributed by atoms with Crippen molar-refractivity contribution in [2.45, 2.75) is 65.5 Å². The lowest BCUT2D eigenvalue weighted by atomic mass is 9.93. The molecule has 118 valence electrons. The van der Waals surface area contributed by atoms with Gasteiger partial charge in [0.1, 0.15) is 0 Å². The maximum Gasteiger partial charge on any atom is 0.237 e. The summed E-state index contributed by atoms with van der Waals surface area (Å²) < 4.78 is 0. The molecule has 0 radical (unpaired) electrons. The van der Waals surface area contributed by atoms with Crippen molar-refractivity contribution in [3.8, 4) is 0 Å². The first kappa shape index (κ1) is 17.4. The SMILES string of the molecule is CCN(CC)CCCC(C)NC(=O)C1CC(C)CCN1. The van der Waals surface area contributed by atoms with Gasteiger partial charge in [-0.3, -0.25) is 4.79 Å². The number of hydrogen-bond acceptors (Lipinski definition) is 3. The van der Waals surface area contributed by atoms with Crippen LogP contribution in [-0.2, 0) is 4.79 Å². The molecular formula is C16H33N3O. The summed E-state index contributed by atoms with van der Waals surface area (Å²) in [7, 11) is 0. The fourth-order valence-corrected chi connectivity index (χ4v) is 2.88. The van der Waals surface area contributed by atoms with Crippen LogP contribution in [0.2, 0.25) is 0 Å². The molecule has 0 aromatic heterocycles. The molecule has 1 aliphatic heterocycles. The molecule has 0 aliphatic carbocycles. The van der Waals surface area contributed by atoms with Crippen molar-refractivity contribution in [3.05, 3.63) is 0 Å². The van der Waals surface area contributed by atoms with E-state index in [9.17, 15) is 4.79 Å². The van der Waals surface area contributed by atoms with Gasteiger partial charge in [-0.1, -0.05) is 20.8 Å². The van der Waals surface area contributed by atoms with Crippen LogP contribution in [0.5, 0.6) is 0 Å². The molecule has 0 aromatic rings. The number of carbonyl (C=O) groups is 1. The van der Waals surface area contributed by atoms with E-state index >= 15 is 0 Å². The van der Waals surface area contributed by atoms with Crippen LogP contribution in [0.1, 0.15) is 53.4 Å². The number of amides is 1. The summed E-state index contributed by atoms with van der Waals surface area (Å²) in [4.78, 5) is 14.6. The number of nitrogens with zero attached hydrogens (tertiary/aromatic N) is 1. The molecule has 3 atom stereocenters. The van der Waals surface area contributed by atoms with Gasteiger partial charge in [-0.15, -0.1) is 0 Å². The fraction of sp³-hybridized carbons (Fsp3) is 0.938. The predicted molar refractivity (Wildman–Crippen MR) is 84.8 cm³/mol. The third kappa shape index (κ3) is 6.23. The molecule has 0 aromatic carbocycles. The van der Waals surface area contributed by atoms with Gasteiger partial charge in [-0.05, 0) is 64.7 Å². The second kappa shape index (κ2) is 9.35. The van der Waals surface area contributed by atoms with Crippen molar-refractivity contribution in [1.29, 1.82) is 0 Å². The van der Waals surface area contributed by atoms with E-state index in [4.69, 9.17) is 0 Å². The monoisotopic (exact) mass is 283 g/mol. The van der Waals surface area contributed by atoms with Crippen LogP contribution in [-0.4, -0.2) is 49.1 Å². The second-order valence-electron chi connectivity index (χ2n) is 6.22. The zero-order valence-corrected chi connectivity index (χ0v) is 13.7. The molecule has 0 spiro atoms. The summed E-state index contributed by atoms with van der Waals surface area (Å²) in [5.41, 5.74) is 0. The summed E-state index contributed by atoms with van der Waals surface area (Å²) in [5.74, 6) is 0.844. The smallest absolute Gasteiger partial charge is 0.237 e. The van der Waals surface area contributed by atoms with Crippen molar-refractivity contribution in [2.75, 3.05) is 26.2 Å². The van der Waals surface area contributed by atoms with Crippen LogP contribution in [0.4, 0.5) is 0 Å². The standard InChI is InChI=1S/C16H33N3O/c1-5-19(6-2)11-7-8-14(4)18-16(20)15-12-13(3)9-10-17-15/h13-15,17H,5-12H2,1-4H3,(H,18,20). The highest BCUT2D eigenvalue weighted by Crippen LogP contribution is 2.15. The molecule has 1 rings (SSSR count). The van der Waals surface area contributed by atoms with Crippen LogP contribution in [0, 0.1) is 5.92 Å². The average Bonchev–Trinajstić information content (AvgIpc) is 2.43. The summed E-state index contributed by atoms with van der Waals surface area (Å²) >= 11 is 0. The molecule has 1 heterocycles. The van der Waals surface area contributed by atoms with Gasteiger partial charge in [-0.2, -0.15) is 0 Å². The Morgan fingerprint density at radius 1 is 1.40 bits per heavy atom. The minimum Gasteiger partial charge on any atom is -0.352 e. The molecule has 1 fully saturated rings. The zero-order chi connectivity index (χ0) is 15.0. The Morgan fingerprint density at radius 2 is 2.10 bits per heavy atom. The number of carbonyl (C=O) groups excluding carboxylic acids is 1. The Morgan fingerprint density at radius 3 is 2.70 bits per heavy atom. The number of piperidine rings is 1. The van der Waals surface area contributed by atoms with Crippen LogP contribution >= 0.6 is 0 Å². The van der Waals surface area contributed by atoms with Gasteiger partial charge >= 0.3 is 0 Å². The Bertz CT molecular complexity index is 279. The minimum absolute atomic E-state index is 0.0176. The van der Waals surface area contributed by atoms with E-state index in [0.717, 1.165) is 45.4 Å². The highest BCUT2D eigenvalue weighted by molar-refractivity contribution is 5.82. The maximum absolute atomic E-state index is 12.2. The lowest BCUT2D eigenvalue weighted by Crippen LogP contribution is -2.50.